The second kappa shape index (κ2) is 9.81. The number of nitrogens with zero attached hydrogens (tertiary/aromatic N) is 1. The highest BCUT2D eigenvalue weighted by Crippen LogP contribution is 2.36. The first-order chi connectivity index (χ1) is 14.9. The molecule has 164 valence electrons. The first-order valence-corrected chi connectivity index (χ1v) is 9.45. The van der Waals surface area contributed by atoms with Crippen molar-refractivity contribution in [3.05, 3.63) is 63.3 Å². The Morgan fingerprint density at radius 1 is 1.10 bits per heavy atom. The lowest BCUT2D eigenvalue weighted by Gasteiger charge is -2.17. The van der Waals surface area contributed by atoms with Crippen molar-refractivity contribution in [1.29, 1.82) is 0 Å². The van der Waals surface area contributed by atoms with E-state index in [0.717, 1.165) is 4.57 Å². The van der Waals surface area contributed by atoms with Gasteiger partial charge < -0.3 is 29.6 Å². The smallest absolute Gasteiger partial charge is 0.329 e. The number of para-hydroxylation sites is 2. The SMILES string of the molecule is COc1cccc(OC)c1OCC(O)CNC(=O)Cn1c(=O)[nH]c2ccccc2c1=O. The summed E-state index contributed by atoms with van der Waals surface area (Å²) in [6, 6.07) is 11.6. The third-order valence-electron chi connectivity index (χ3n) is 4.53. The average molecular weight is 429 g/mol. The number of hydrogen-bond acceptors (Lipinski definition) is 7. The van der Waals surface area contributed by atoms with Crippen LogP contribution in [-0.2, 0) is 11.3 Å². The summed E-state index contributed by atoms with van der Waals surface area (Å²) in [6.45, 7) is -0.767. The molecular weight excluding hydrogens is 406 g/mol. The van der Waals surface area contributed by atoms with Crippen molar-refractivity contribution in [2.75, 3.05) is 27.4 Å². The number of rotatable bonds is 9. The summed E-state index contributed by atoms with van der Waals surface area (Å²) in [5.41, 5.74) is -0.860. The lowest BCUT2D eigenvalue weighted by Crippen LogP contribution is -2.42. The van der Waals surface area contributed by atoms with Gasteiger partial charge in [0.2, 0.25) is 11.7 Å². The number of H-pyrrole nitrogens is 1. The topological polar surface area (TPSA) is 132 Å². The summed E-state index contributed by atoms with van der Waals surface area (Å²) in [6.07, 6.45) is -1.05. The Morgan fingerprint density at radius 3 is 2.45 bits per heavy atom. The number of nitrogens with one attached hydrogen (secondary N) is 2. The number of hydrogen-bond donors (Lipinski definition) is 3. The van der Waals surface area contributed by atoms with Crippen LogP contribution in [-0.4, -0.2) is 54.0 Å². The fourth-order valence-corrected chi connectivity index (χ4v) is 2.97. The highest BCUT2D eigenvalue weighted by atomic mass is 16.5. The lowest BCUT2D eigenvalue weighted by molar-refractivity contribution is -0.122. The highest BCUT2D eigenvalue weighted by molar-refractivity contribution is 5.78. The zero-order valence-electron chi connectivity index (χ0n) is 17.1. The molecule has 3 N–H and O–H groups in total. The van der Waals surface area contributed by atoms with Gasteiger partial charge in [0.05, 0.1) is 25.1 Å². The third kappa shape index (κ3) is 5.04. The molecule has 3 rings (SSSR count). The maximum absolute atomic E-state index is 12.5. The molecule has 1 amide bonds. The molecule has 10 nitrogen and oxygen atoms in total. The lowest BCUT2D eigenvalue weighted by atomic mass is 10.2. The summed E-state index contributed by atoms with van der Waals surface area (Å²) in [4.78, 5) is 39.4. The quantitative estimate of drug-likeness (QED) is 0.445. The predicted octanol–water partition coefficient (Wildman–Crippen LogP) is 0.263. The van der Waals surface area contributed by atoms with Crippen LogP contribution in [0.5, 0.6) is 17.2 Å². The first-order valence-electron chi connectivity index (χ1n) is 9.45. The summed E-state index contributed by atoms with van der Waals surface area (Å²) < 4.78 is 16.8. The van der Waals surface area contributed by atoms with Crippen LogP contribution < -0.4 is 30.8 Å². The Balaban J connectivity index is 1.59. The van der Waals surface area contributed by atoms with Crippen LogP contribution in [0.25, 0.3) is 10.9 Å². The van der Waals surface area contributed by atoms with Gasteiger partial charge in [-0.25, -0.2) is 4.79 Å². The van der Waals surface area contributed by atoms with Crippen molar-refractivity contribution in [1.82, 2.24) is 14.9 Å². The molecule has 0 aliphatic rings. The van der Waals surface area contributed by atoms with Gasteiger partial charge in [-0.3, -0.25) is 14.2 Å². The number of benzene rings is 2. The second-order valence-electron chi connectivity index (χ2n) is 6.63. The number of aromatic nitrogens is 2. The van der Waals surface area contributed by atoms with E-state index < -0.39 is 29.8 Å². The van der Waals surface area contributed by atoms with E-state index in [1.165, 1.54) is 14.2 Å². The maximum Gasteiger partial charge on any atom is 0.329 e. The highest BCUT2D eigenvalue weighted by Gasteiger charge is 2.15. The minimum Gasteiger partial charge on any atom is -0.493 e. The minimum absolute atomic E-state index is 0.142. The van der Waals surface area contributed by atoms with Crippen LogP contribution in [0.4, 0.5) is 0 Å². The van der Waals surface area contributed by atoms with Crippen molar-refractivity contribution in [3.8, 4) is 17.2 Å². The van der Waals surface area contributed by atoms with E-state index in [1.807, 2.05) is 0 Å². The molecule has 0 aliphatic heterocycles. The molecule has 0 aliphatic carbocycles. The Morgan fingerprint density at radius 2 is 1.77 bits per heavy atom. The summed E-state index contributed by atoms with van der Waals surface area (Å²) in [5, 5.41) is 12.9. The third-order valence-corrected chi connectivity index (χ3v) is 4.53. The van der Waals surface area contributed by atoms with Crippen molar-refractivity contribution in [2.24, 2.45) is 0 Å². The van der Waals surface area contributed by atoms with Crippen molar-refractivity contribution >= 4 is 16.8 Å². The number of carbonyl (C=O) groups is 1. The van der Waals surface area contributed by atoms with Gasteiger partial charge in [0.15, 0.2) is 11.5 Å². The number of methoxy groups -OCH3 is 2. The zero-order valence-corrected chi connectivity index (χ0v) is 17.1. The molecular formula is C21H23N3O7. The van der Waals surface area contributed by atoms with Gasteiger partial charge in [-0.2, -0.15) is 0 Å². The van der Waals surface area contributed by atoms with Crippen LogP contribution in [0.2, 0.25) is 0 Å². The van der Waals surface area contributed by atoms with Crippen LogP contribution in [0.3, 0.4) is 0 Å². The van der Waals surface area contributed by atoms with E-state index in [-0.39, 0.29) is 13.2 Å². The maximum atomic E-state index is 12.5. The van der Waals surface area contributed by atoms with Crippen molar-refractivity contribution < 1.29 is 24.1 Å². The summed E-state index contributed by atoms with van der Waals surface area (Å²) in [5.74, 6) is 0.597. The van der Waals surface area contributed by atoms with Gasteiger partial charge in [-0.05, 0) is 24.3 Å². The number of fused-ring (bicyclic) bond motifs is 1. The largest absolute Gasteiger partial charge is 0.493 e. The van der Waals surface area contributed by atoms with Crippen LogP contribution >= 0.6 is 0 Å². The van der Waals surface area contributed by atoms with Crippen LogP contribution in [0.1, 0.15) is 0 Å². The Labute approximate surface area is 177 Å². The van der Waals surface area contributed by atoms with Crippen LogP contribution in [0.15, 0.2) is 52.1 Å². The van der Waals surface area contributed by atoms with Crippen LogP contribution in [0, 0.1) is 0 Å². The molecule has 0 spiro atoms. The van der Waals surface area contributed by atoms with E-state index in [1.54, 1.807) is 42.5 Å². The van der Waals surface area contributed by atoms with E-state index in [2.05, 4.69) is 10.3 Å². The van der Waals surface area contributed by atoms with E-state index >= 15 is 0 Å². The van der Waals surface area contributed by atoms with Gasteiger partial charge in [0.1, 0.15) is 19.3 Å². The molecule has 0 radical (unpaired) electrons. The van der Waals surface area contributed by atoms with Gasteiger partial charge in [0.25, 0.3) is 5.56 Å². The Bertz CT molecular complexity index is 1160. The molecule has 0 fully saturated rings. The van der Waals surface area contributed by atoms with Gasteiger partial charge in [-0.1, -0.05) is 18.2 Å². The standard InChI is InChI=1S/C21H23N3O7/c1-29-16-8-5-9-17(30-2)19(16)31-12-13(25)10-22-18(26)11-24-20(27)14-6-3-4-7-15(14)23-21(24)28/h3-9,13,25H,10-12H2,1-2H3,(H,22,26)(H,23,28). The average Bonchev–Trinajstić information content (AvgIpc) is 2.78. The van der Waals surface area contributed by atoms with E-state index in [0.29, 0.717) is 28.2 Å². The molecule has 2 aromatic carbocycles. The number of aromatic amines is 1. The molecule has 1 heterocycles. The van der Waals surface area contributed by atoms with Gasteiger partial charge in [0, 0.05) is 6.54 Å². The number of aliphatic hydroxyl groups is 1. The van der Waals surface area contributed by atoms with E-state index in [9.17, 15) is 19.5 Å². The number of amides is 1. The Hall–Kier alpha value is -3.79. The molecule has 31 heavy (non-hydrogen) atoms. The first kappa shape index (κ1) is 21.9. The van der Waals surface area contributed by atoms with Gasteiger partial charge >= 0.3 is 5.69 Å². The molecule has 0 saturated carbocycles. The molecule has 1 unspecified atom stereocenters. The normalized spacial score (nSPS) is 11.7. The minimum atomic E-state index is -1.05. The summed E-state index contributed by atoms with van der Waals surface area (Å²) in [7, 11) is 2.96. The molecule has 1 aromatic heterocycles. The monoisotopic (exact) mass is 429 g/mol. The fourth-order valence-electron chi connectivity index (χ4n) is 2.97. The summed E-state index contributed by atoms with van der Waals surface area (Å²) >= 11 is 0. The molecule has 0 saturated heterocycles. The molecule has 1 atom stereocenters. The van der Waals surface area contributed by atoms with Crippen molar-refractivity contribution in [3.63, 3.8) is 0 Å². The zero-order chi connectivity index (χ0) is 22.4. The van der Waals surface area contributed by atoms with Crippen molar-refractivity contribution in [2.45, 2.75) is 12.6 Å². The molecule has 10 heteroatoms. The fraction of sp³-hybridized carbons (Fsp3) is 0.286. The number of ether oxygens (including phenoxy) is 3. The molecule has 0 bridgehead atoms. The van der Waals surface area contributed by atoms with Gasteiger partial charge in [-0.15, -0.1) is 0 Å². The second-order valence-corrected chi connectivity index (χ2v) is 6.63. The Kier molecular flexibility index (Phi) is 6.93. The molecule has 3 aromatic rings. The number of carbonyl (C=O) groups excluding carboxylic acids is 1. The van der Waals surface area contributed by atoms with E-state index in [4.69, 9.17) is 14.2 Å². The number of aliphatic hydroxyl groups excluding tert-OH is 1. The predicted molar refractivity (Wildman–Crippen MR) is 113 cm³/mol.